The van der Waals surface area contributed by atoms with E-state index in [0.29, 0.717) is 50.4 Å². The van der Waals surface area contributed by atoms with E-state index >= 15 is 0 Å². The number of carbonyl (C=O) groups is 3. The molecule has 3 amide bonds. The van der Waals surface area contributed by atoms with Gasteiger partial charge >= 0.3 is 0 Å². The minimum atomic E-state index is -0.340. The number of amides is 3. The molecule has 1 aromatic carbocycles. The maximum absolute atomic E-state index is 12.9. The summed E-state index contributed by atoms with van der Waals surface area (Å²) in [7, 11) is 0. The molecule has 2 atom stereocenters. The Bertz CT molecular complexity index is 770. The number of benzene rings is 1. The number of morpholine rings is 1. The lowest BCUT2D eigenvalue weighted by Crippen LogP contribution is -2.59. The summed E-state index contributed by atoms with van der Waals surface area (Å²) in [6.07, 6.45) is 5.06. The topological polar surface area (TPSA) is 79.0 Å². The highest BCUT2D eigenvalue weighted by Gasteiger charge is 2.42. The highest BCUT2D eigenvalue weighted by molar-refractivity contribution is 6.05. The van der Waals surface area contributed by atoms with Crippen molar-refractivity contribution in [3.8, 4) is 0 Å². The molecular weight excluding hydrogens is 334 g/mol. The molecule has 0 radical (unpaired) electrons. The van der Waals surface area contributed by atoms with E-state index in [9.17, 15) is 14.4 Å². The third-order valence-corrected chi connectivity index (χ3v) is 5.18. The molecule has 2 heterocycles. The Morgan fingerprint density at radius 2 is 1.81 bits per heavy atom. The van der Waals surface area contributed by atoms with E-state index in [1.54, 1.807) is 29.2 Å². The molecule has 7 nitrogen and oxygen atoms in total. The second-order valence-electron chi connectivity index (χ2n) is 6.76. The van der Waals surface area contributed by atoms with Crippen molar-refractivity contribution in [1.29, 1.82) is 0 Å². The van der Waals surface area contributed by atoms with Crippen LogP contribution < -0.4 is 10.4 Å². The summed E-state index contributed by atoms with van der Waals surface area (Å²) in [6.45, 7) is 2.17. The molecule has 1 N–H and O–H groups in total. The number of carbonyl (C=O) groups excluding carboxylic acids is 3. The monoisotopic (exact) mass is 355 g/mol. The van der Waals surface area contributed by atoms with Gasteiger partial charge in [-0.2, -0.15) is 0 Å². The molecule has 3 aliphatic rings. The van der Waals surface area contributed by atoms with E-state index in [0.717, 1.165) is 0 Å². The van der Waals surface area contributed by atoms with E-state index in [1.807, 2.05) is 12.2 Å². The summed E-state index contributed by atoms with van der Waals surface area (Å²) >= 11 is 0. The average molecular weight is 355 g/mol. The van der Waals surface area contributed by atoms with E-state index in [-0.39, 0.29) is 29.6 Å². The maximum atomic E-state index is 12.9. The molecule has 0 saturated carbocycles. The van der Waals surface area contributed by atoms with Crippen molar-refractivity contribution in [2.24, 2.45) is 11.8 Å². The second kappa shape index (κ2) is 6.92. The van der Waals surface area contributed by atoms with Crippen LogP contribution in [0.3, 0.4) is 0 Å². The van der Waals surface area contributed by atoms with Crippen LogP contribution in [0.5, 0.6) is 0 Å². The number of hydrogen-bond acceptors (Lipinski definition) is 4. The number of hydrazine groups is 1. The smallest absolute Gasteiger partial charge is 0.254 e. The van der Waals surface area contributed by atoms with Gasteiger partial charge < -0.3 is 9.64 Å². The zero-order valence-electron chi connectivity index (χ0n) is 14.4. The van der Waals surface area contributed by atoms with Crippen LogP contribution in [-0.2, 0) is 14.3 Å². The van der Waals surface area contributed by atoms with Crippen LogP contribution in [0, 0.1) is 11.8 Å². The van der Waals surface area contributed by atoms with Gasteiger partial charge in [-0.3, -0.25) is 19.8 Å². The number of nitrogens with one attached hydrogen (secondary N) is 1. The van der Waals surface area contributed by atoms with Crippen molar-refractivity contribution in [2.45, 2.75) is 12.8 Å². The molecule has 136 valence electrons. The molecule has 2 aliphatic heterocycles. The van der Waals surface area contributed by atoms with Crippen molar-refractivity contribution < 1.29 is 19.1 Å². The molecule has 2 fully saturated rings. The molecule has 26 heavy (non-hydrogen) atoms. The van der Waals surface area contributed by atoms with Crippen molar-refractivity contribution in [2.75, 3.05) is 31.3 Å². The average Bonchev–Trinajstić information content (AvgIpc) is 2.71. The zero-order chi connectivity index (χ0) is 18.1. The first kappa shape index (κ1) is 16.8. The van der Waals surface area contributed by atoms with E-state index in [4.69, 9.17) is 4.74 Å². The third-order valence-electron chi connectivity index (χ3n) is 5.18. The third kappa shape index (κ3) is 2.99. The Morgan fingerprint density at radius 3 is 2.58 bits per heavy atom. The van der Waals surface area contributed by atoms with Crippen LogP contribution in [0.4, 0.5) is 5.69 Å². The molecule has 7 heteroatoms. The molecule has 0 aromatic heterocycles. The molecule has 0 bridgehead atoms. The van der Waals surface area contributed by atoms with E-state index < -0.39 is 0 Å². The number of rotatable bonds is 2. The van der Waals surface area contributed by atoms with Gasteiger partial charge in [0.2, 0.25) is 11.8 Å². The van der Waals surface area contributed by atoms with Crippen LogP contribution in [0.1, 0.15) is 23.2 Å². The molecule has 2 saturated heterocycles. The number of nitrogens with zero attached hydrogens (tertiary/aromatic N) is 2. The van der Waals surface area contributed by atoms with Crippen molar-refractivity contribution in [3.05, 3.63) is 42.0 Å². The Labute approximate surface area is 151 Å². The summed E-state index contributed by atoms with van der Waals surface area (Å²) < 4.78 is 5.28. The minimum absolute atomic E-state index is 0.0931. The van der Waals surface area contributed by atoms with Crippen LogP contribution in [0.25, 0.3) is 0 Å². The van der Waals surface area contributed by atoms with Gasteiger partial charge in [0.25, 0.3) is 5.91 Å². The second-order valence-corrected chi connectivity index (χ2v) is 6.76. The fraction of sp³-hybridized carbons (Fsp3) is 0.421. The quantitative estimate of drug-likeness (QED) is 0.807. The first-order valence-corrected chi connectivity index (χ1v) is 8.91. The standard InChI is InChI=1S/C19H21N3O4/c23-17-15-6-1-2-7-16(15)19(25)22(20-17)14-5-3-4-13(12-14)18(24)21-8-10-26-11-9-21/h1-5,12,15-16H,6-11H2,(H,20,23)/t15-,16+/m0/s1. The first-order chi connectivity index (χ1) is 12.6. The Kier molecular flexibility index (Phi) is 4.46. The van der Waals surface area contributed by atoms with Crippen molar-refractivity contribution in [3.63, 3.8) is 0 Å². The van der Waals surface area contributed by atoms with Gasteiger partial charge in [-0.25, -0.2) is 5.01 Å². The molecular formula is C19H21N3O4. The number of fused-ring (bicyclic) bond motifs is 1. The molecule has 1 aromatic rings. The molecule has 1 aliphatic carbocycles. The fourth-order valence-corrected chi connectivity index (χ4v) is 3.71. The summed E-state index contributed by atoms with van der Waals surface area (Å²) in [5.41, 5.74) is 3.70. The number of hydrogen-bond donors (Lipinski definition) is 1. The maximum Gasteiger partial charge on any atom is 0.254 e. The summed E-state index contributed by atoms with van der Waals surface area (Å²) in [5.74, 6) is -1.02. The lowest BCUT2D eigenvalue weighted by molar-refractivity contribution is -0.139. The van der Waals surface area contributed by atoms with E-state index in [2.05, 4.69) is 5.43 Å². The lowest BCUT2D eigenvalue weighted by Gasteiger charge is -2.38. The predicted molar refractivity (Wildman–Crippen MR) is 94.1 cm³/mol. The Balaban J connectivity index is 1.58. The predicted octanol–water partition coefficient (Wildman–Crippen LogP) is 1.12. The van der Waals surface area contributed by atoms with Crippen molar-refractivity contribution >= 4 is 23.4 Å². The highest BCUT2D eigenvalue weighted by Crippen LogP contribution is 2.32. The number of ether oxygens (including phenoxy) is 1. The van der Waals surface area contributed by atoms with Gasteiger partial charge in [0.15, 0.2) is 0 Å². The Morgan fingerprint density at radius 1 is 1.08 bits per heavy atom. The molecule has 4 rings (SSSR count). The molecule has 0 spiro atoms. The lowest BCUT2D eigenvalue weighted by atomic mass is 9.80. The van der Waals surface area contributed by atoms with Crippen LogP contribution in [0.2, 0.25) is 0 Å². The van der Waals surface area contributed by atoms with Crippen LogP contribution in [-0.4, -0.2) is 48.9 Å². The first-order valence-electron chi connectivity index (χ1n) is 8.91. The molecule has 0 unspecified atom stereocenters. The van der Waals surface area contributed by atoms with Crippen LogP contribution >= 0.6 is 0 Å². The SMILES string of the molecule is O=C1NN(c2cccc(C(=O)N3CCOCC3)c2)C(=O)[C@@H]2CC=CC[C@H]12. The van der Waals surface area contributed by atoms with Gasteiger partial charge in [0, 0.05) is 18.7 Å². The zero-order valence-corrected chi connectivity index (χ0v) is 14.4. The van der Waals surface area contributed by atoms with Gasteiger partial charge in [0.1, 0.15) is 0 Å². The van der Waals surface area contributed by atoms with Gasteiger partial charge in [-0.05, 0) is 31.0 Å². The van der Waals surface area contributed by atoms with Gasteiger partial charge in [-0.15, -0.1) is 0 Å². The number of allylic oxidation sites excluding steroid dienone is 2. The normalized spacial score (nSPS) is 25.7. The summed E-state index contributed by atoms with van der Waals surface area (Å²) in [6, 6.07) is 6.85. The van der Waals surface area contributed by atoms with Gasteiger partial charge in [0.05, 0.1) is 30.7 Å². The summed E-state index contributed by atoms with van der Waals surface area (Å²) in [5, 5.41) is 1.29. The fourth-order valence-electron chi connectivity index (χ4n) is 3.71. The van der Waals surface area contributed by atoms with Gasteiger partial charge in [-0.1, -0.05) is 18.2 Å². The summed E-state index contributed by atoms with van der Waals surface area (Å²) in [4.78, 5) is 39.7. The number of anilines is 1. The van der Waals surface area contributed by atoms with Crippen LogP contribution in [0.15, 0.2) is 36.4 Å². The van der Waals surface area contributed by atoms with Crippen molar-refractivity contribution in [1.82, 2.24) is 10.3 Å². The minimum Gasteiger partial charge on any atom is -0.378 e. The van der Waals surface area contributed by atoms with E-state index in [1.165, 1.54) is 5.01 Å². The highest BCUT2D eigenvalue weighted by atomic mass is 16.5. The Hall–Kier alpha value is -2.67. The largest absolute Gasteiger partial charge is 0.378 e.